The zero-order valence-corrected chi connectivity index (χ0v) is 15.0. The average Bonchev–Trinajstić information content (AvgIpc) is 2.90. The van der Waals surface area contributed by atoms with Gasteiger partial charge in [-0.2, -0.15) is 0 Å². The summed E-state index contributed by atoms with van der Waals surface area (Å²) in [6.45, 7) is 5.43. The van der Waals surface area contributed by atoms with Crippen molar-refractivity contribution in [1.82, 2.24) is 5.32 Å². The topological polar surface area (TPSA) is 58.2 Å². The highest BCUT2D eigenvalue weighted by Crippen LogP contribution is 2.25. The first kappa shape index (κ1) is 16.5. The predicted molar refractivity (Wildman–Crippen MR) is 91.4 cm³/mol. The Kier molecular flexibility index (Phi) is 5.43. The summed E-state index contributed by atoms with van der Waals surface area (Å²) >= 11 is 4.79. The van der Waals surface area contributed by atoms with E-state index in [0.29, 0.717) is 17.1 Å². The summed E-state index contributed by atoms with van der Waals surface area (Å²) < 4.78 is 28.3. The third-order valence-corrected chi connectivity index (χ3v) is 5.86. The van der Waals surface area contributed by atoms with Gasteiger partial charge < -0.3 is 5.32 Å². The first-order chi connectivity index (χ1) is 9.92. The summed E-state index contributed by atoms with van der Waals surface area (Å²) in [6, 6.07) is 7.22. The largest absolute Gasteiger partial charge is 0.312 e. The van der Waals surface area contributed by atoms with Crippen molar-refractivity contribution >= 4 is 43.0 Å². The van der Waals surface area contributed by atoms with Crippen LogP contribution in [0, 0.1) is 6.92 Å². The molecule has 0 radical (unpaired) electrons. The highest BCUT2D eigenvalue weighted by atomic mass is 79.9. The van der Waals surface area contributed by atoms with E-state index in [-0.39, 0.29) is 0 Å². The molecule has 1 aromatic heterocycles. The van der Waals surface area contributed by atoms with Gasteiger partial charge in [0.25, 0.3) is 10.0 Å². The Hall–Kier alpha value is -0.890. The standard InChI is InChI=1S/C14H17BrN2O2S2/c1-3-16-8-12-7-13(9-20-12)21(18,19)17-14-6-11(15)5-4-10(14)2/h4-7,9,16-17H,3,8H2,1-2H3. The van der Waals surface area contributed by atoms with Gasteiger partial charge in [-0.05, 0) is 37.2 Å². The Balaban J connectivity index is 2.22. The van der Waals surface area contributed by atoms with Crippen LogP contribution in [0.2, 0.25) is 0 Å². The van der Waals surface area contributed by atoms with Crippen molar-refractivity contribution in [3.8, 4) is 0 Å². The van der Waals surface area contributed by atoms with E-state index in [9.17, 15) is 8.42 Å². The third-order valence-electron chi connectivity index (χ3n) is 2.93. The van der Waals surface area contributed by atoms with E-state index in [1.54, 1.807) is 17.5 Å². The summed E-state index contributed by atoms with van der Waals surface area (Å²) in [5, 5.41) is 4.85. The Morgan fingerprint density at radius 1 is 1.29 bits per heavy atom. The van der Waals surface area contributed by atoms with Crippen LogP contribution in [-0.2, 0) is 16.6 Å². The molecule has 1 heterocycles. The van der Waals surface area contributed by atoms with Crippen molar-refractivity contribution in [2.24, 2.45) is 0 Å². The van der Waals surface area contributed by atoms with Crippen LogP contribution in [0.4, 0.5) is 5.69 Å². The lowest BCUT2D eigenvalue weighted by molar-refractivity contribution is 0.601. The summed E-state index contributed by atoms with van der Waals surface area (Å²) in [6.07, 6.45) is 0. The second-order valence-corrected chi connectivity index (χ2v) is 8.19. The van der Waals surface area contributed by atoms with Gasteiger partial charge in [0.1, 0.15) is 0 Å². The Morgan fingerprint density at radius 2 is 2.05 bits per heavy atom. The predicted octanol–water partition coefficient (Wildman–Crippen LogP) is 3.73. The molecule has 0 unspecified atom stereocenters. The van der Waals surface area contributed by atoms with Crippen LogP contribution >= 0.6 is 27.3 Å². The molecular weight excluding hydrogens is 372 g/mol. The van der Waals surface area contributed by atoms with Crippen LogP contribution in [0.15, 0.2) is 39.0 Å². The maximum absolute atomic E-state index is 12.4. The molecule has 4 nitrogen and oxygen atoms in total. The third kappa shape index (κ3) is 4.29. The minimum Gasteiger partial charge on any atom is -0.312 e. The molecule has 0 saturated heterocycles. The molecule has 2 rings (SSSR count). The quantitative estimate of drug-likeness (QED) is 0.792. The molecule has 0 aliphatic rings. The highest BCUT2D eigenvalue weighted by molar-refractivity contribution is 9.10. The zero-order chi connectivity index (χ0) is 15.5. The van der Waals surface area contributed by atoms with E-state index in [1.807, 2.05) is 26.0 Å². The molecule has 2 N–H and O–H groups in total. The number of nitrogens with one attached hydrogen (secondary N) is 2. The number of benzene rings is 1. The van der Waals surface area contributed by atoms with Crippen LogP contribution in [0.25, 0.3) is 0 Å². The summed E-state index contributed by atoms with van der Waals surface area (Å²) in [7, 11) is -3.54. The van der Waals surface area contributed by atoms with E-state index in [0.717, 1.165) is 21.5 Å². The number of thiophene rings is 1. The molecule has 114 valence electrons. The molecule has 0 spiro atoms. The van der Waals surface area contributed by atoms with Crippen molar-refractivity contribution in [2.75, 3.05) is 11.3 Å². The zero-order valence-electron chi connectivity index (χ0n) is 11.8. The maximum Gasteiger partial charge on any atom is 0.262 e. The monoisotopic (exact) mass is 388 g/mol. The van der Waals surface area contributed by atoms with Crippen molar-refractivity contribution < 1.29 is 8.42 Å². The van der Waals surface area contributed by atoms with E-state index >= 15 is 0 Å². The lowest BCUT2D eigenvalue weighted by Crippen LogP contribution is -2.13. The van der Waals surface area contributed by atoms with Crippen molar-refractivity contribution in [1.29, 1.82) is 0 Å². The van der Waals surface area contributed by atoms with Gasteiger partial charge in [0.05, 0.1) is 10.6 Å². The van der Waals surface area contributed by atoms with E-state index in [2.05, 4.69) is 26.0 Å². The molecule has 0 fully saturated rings. The molecular formula is C14H17BrN2O2S2. The number of rotatable bonds is 6. The summed E-state index contributed by atoms with van der Waals surface area (Å²) in [5.41, 5.74) is 1.47. The Bertz CT molecular complexity index is 726. The van der Waals surface area contributed by atoms with Gasteiger partial charge in [-0.1, -0.05) is 28.9 Å². The van der Waals surface area contributed by atoms with Crippen LogP contribution in [0.1, 0.15) is 17.4 Å². The van der Waals surface area contributed by atoms with Crippen LogP contribution in [0.3, 0.4) is 0 Å². The fourth-order valence-electron chi connectivity index (χ4n) is 1.75. The molecule has 2 aromatic rings. The summed E-state index contributed by atoms with van der Waals surface area (Å²) in [5.74, 6) is 0. The normalized spacial score (nSPS) is 11.6. The van der Waals surface area contributed by atoms with E-state index in [1.165, 1.54) is 11.3 Å². The second kappa shape index (κ2) is 6.91. The second-order valence-electron chi connectivity index (χ2n) is 4.59. The van der Waals surface area contributed by atoms with Crippen molar-refractivity contribution in [3.05, 3.63) is 44.6 Å². The fraction of sp³-hybridized carbons (Fsp3) is 0.286. The minimum absolute atomic E-state index is 0.305. The number of halogens is 1. The smallest absolute Gasteiger partial charge is 0.262 e. The van der Waals surface area contributed by atoms with Crippen LogP contribution in [0.5, 0.6) is 0 Å². The van der Waals surface area contributed by atoms with Crippen LogP contribution < -0.4 is 10.0 Å². The van der Waals surface area contributed by atoms with Crippen molar-refractivity contribution in [2.45, 2.75) is 25.3 Å². The molecule has 21 heavy (non-hydrogen) atoms. The first-order valence-electron chi connectivity index (χ1n) is 6.49. The maximum atomic E-state index is 12.4. The average molecular weight is 389 g/mol. The molecule has 7 heteroatoms. The van der Waals surface area contributed by atoms with E-state index in [4.69, 9.17) is 0 Å². The Labute approximate surface area is 137 Å². The van der Waals surface area contributed by atoms with Gasteiger partial charge in [-0.25, -0.2) is 8.42 Å². The molecule has 0 bridgehead atoms. The summed E-state index contributed by atoms with van der Waals surface area (Å²) in [4.78, 5) is 1.31. The first-order valence-corrected chi connectivity index (χ1v) is 9.65. The minimum atomic E-state index is -3.54. The van der Waals surface area contributed by atoms with Gasteiger partial charge in [0.2, 0.25) is 0 Å². The highest BCUT2D eigenvalue weighted by Gasteiger charge is 2.17. The molecule has 0 aliphatic carbocycles. The molecule has 0 amide bonds. The lowest BCUT2D eigenvalue weighted by Gasteiger charge is -2.09. The SMILES string of the molecule is CCNCc1cc(S(=O)(=O)Nc2cc(Br)ccc2C)cs1. The van der Waals surface area contributed by atoms with Crippen LogP contribution in [-0.4, -0.2) is 15.0 Å². The number of hydrogen-bond acceptors (Lipinski definition) is 4. The molecule has 0 saturated carbocycles. The number of anilines is 1. The lowest BCUT2D eigenvalue weighted by atomic mass is 10.2. The molecule has 0 aliphatic heterocycles. The molecule has 1 aromatic carbocycles. The van der Waals surface area contributed by atoms with Gasteiger partial charge in [-0.3, -0.25) is 4.72 Å². The number of aryl methyl sites for hydroxylation is 1. The van der Waals surface area contributed by atoms with E-state index < -0.39 is 10.0 Å². The fourth-order valence-corrected chi connectivity index (χ4v) is 4.48. The number of hydrogen-bond donors (Lipinski definition) is 2. The van der Waals surface area contributed by atoms with Gasteiger partial charge in [0, 0.05) is 21.3 Å². The van der Waals surface area contributed by atoms with Gasteiger partial charge >= 0.3 is 0 Å². The van der Waals surface area contributed by atoms with Gasteiger partial charge in [-0.15, -0.1) is 11.3 Å². The number of sulfonamides is 1. The molecule has 0 atom stereocenters. The Morgan fingerprint density at radius 3 is 2.76 bits per heavy atom. The van der Waals surface area contributed by atoms with Gasteiger partial charge in [0.15, 0.2) is 0 Å². The van der Waals surface area contributed by atoms with Crippen molar-refractivity contribution in [3.63, 3.8) is 0 Å².